The van der Waals surface area contributed by atoms with E-state index in [1.165, 1.54) is 16.6 Å². The molecule has 3 heterocycles. The normalized spacial score (nSPS) is 13.8. The van der Waals surface area contributed by atoms with Gasteiger partial charge in [0.25, 0.3) is 11.5 Å². The van der Waals surface area contributed by atoms with Crippen LogP contribution in [0.3, 0.4) is 0 Å². The minimum Gasteiger partial charge on any atom is -0.272 e. The first kappa shape index (κ1) is 23.5. The molecular formula is C24H21BrN4O2S3. The van der Waals surface area contributed by atoms with Gasteiger partial charge in [0.05, 0.1) is 22.5 Å². The molecule has 10 heteroatoms. The molecule has 0 saturated carbocycles. The van der Waals surface area contributed by atoms with Gasteiger partial charge in [0.15, 0.2) is 5.16 Å². The van der Waals surface area contributed by atoms with Crippen LogP contribution in [0.5, 0.6) is 0 Å². The van der Waals surface area contributed by atoms with E-state index in [9.17, 15) is 9.59 Å². The lowest BCUT2D eigenvalue weighted by Gasteiger charge is -2.13. The Labute approximate surface area is 217 Å². The van der Waals surface area contributed by atoms with Crippen molar-refractivity contribution in [2.24, 2.45) is 5.10 Å². The largest absolute Gasteiger partial charge is 0.272 e. The van der Waals surface area contributed by atoms with Crippen LogP contribution in [0.4, 0.5) is 0 Å². The van der Waals surface area contributed by atoms with Crippen LogP contribution in [0.2, 0.25) is 0 Å². The number of amides is 1. The molecule has 1 amide bonds. The van der Waals surface area contributed by atoms with Gasteiger partial charge in [0, 0.05) is 14.2 Å². The predicted octanol–water partition coefficient (Wildman–Crippen LogP) is 5.78. The van der Waals surface area contributed by atoms with E-state index < -0.39 is 0 Å². The highest BCUT2D eigenvalue weighted by molar-refractivity contribution is 9.10. The van der Waals surface area contributed by atoms with Crippen molar-refractivity contribution in [3.05, 3.63) is 71.9 Å². The van der Waals surface area contributed by atoms with Gasteiger partial charge in [-0.05, 0) is 73.9 Å². The minimum absolute atomic E-state index is 0.0683. The smallest absolute Gasteiger partial charge is 0.267 e. The first-order chi connectivity index (χ1) is 16.5. The molecule has 1 aromatic carbocycles. The number of nitrogens with zero attached hydrogens (tertiary/aromatic N) is 3. The van der Waals surface area contributed by atoms with Gasteiger partial charge in [-0.2, -0.15) is 5.10 Å². The SMILES string of the molecule is CC(=NNC(=O)CSc1nc2sc3c(c2c(=O)n1-c1ccc(Br)cc1)CCCC3)c1cccs1. The van der Waals surface area contributed by atoms with Crippen LogP contribution in [0.1, 0.15) is 35.1 Å². The van der Waals surface area contributed by atoms with Crippen molar-refractivity contribution in [3.63, 3.8) is 0 Å². The maximum absolute atomic E-state index is 13.7. The number of fused-ring (bicyclic) bond motifs is 3. The summed E-state index contributed by atoms with van der Waals surface area (Å²) in [6.07, 6.45) is 4.16. The third kappa shape index (κ3) is 4.77. The second-order valence-electron chi connectivity index (χ2n) is 7.90. The van der Waals surface area contributed by atoms with E-state index in [2.05, 4.69) is 26.5 Å². The molecule has 0 radical (unpaired) electrons. The predicted molar refractivity (Wildman–Crippen MR) is 145 cm³/mol. The van der Waals surface area contributed by atoms with Gasteiger partial charge >= 0.3 is 0 Å². The van der Waals surface area contributed by atoms with Crippen LogP contribution in [-0.2, 0) is 17.6 Å². The molecule has 0 atom stereocenters. The molecule has 0 saturated heterocycles. The molecule has 0 spiro atoms. The van der Waals surface area contributed by atoms with Gasteiger partial charge in [-0.3, -0.25) is 14.2 Å². The summed E-state index contributed by atoms with van der Waals surface area (Å²) in [6.45, 7) is 1.86. The summed E-state index contributed by atoms with van der Waals surface area (Å²) in [5.74, 6) is -0.149. The quantitative estimate of drug-likeness (QED) is 0.137. The highest BCUT2D eigenvalue weighted by atomic mass is 79.9. The molecule has 0 unspecified atom stereocenters. The molecule has 3 aromatic heterocycles. The van der Waals surface area contributed by atoms with Gasteiger partial charge in [-0.25, -0.2) is 10.4 Å². The Balaban J connectivity index is 1.47. The number of rotatable bonds is 6. The molecule has 1 aliphatic carbocycles. The van der Waals surface area contributed by atoms with Crippen molar-refractivity contribution < 1.29 is 4.79 Å². The van der Waals surface area contributed by atoms with E-state index in [0.717, 1.165) is 62.2 Å². The van der Waals surface area contributed by atoms with Gasteiger partial charge < -0.3 is 0 Å². The first-order valence-electron chi connectivity index (χ1n) is 10.8. The maximum atomic E-state index is 13.7. The molecule has 0 fully saturated rings. The molecule has 6 nitrogen and oxygen atoms in total. The van der Waals surface area contributed by atoms with Crippen LogP contribution in [0.25, 0.3) is 15.9 Å². The summed E-state index contributed by atoms with van der Waals surface area (Å²) in [5, 5.41) is 7.41. The number of nitrogens with one attached hydrogen (secondary N) is 1. The van der Waals surface area contributed by atoms with Gasteiger partial charge in [0.2, 0.25) is 0 Å². The third-order valence-electron chi connectivity index (χ3n) is 5.60. The zero-order chi connectivity index (χ0) is 23.7. The van der Waals surface area contributed by atoms with E-state index in [1.807, 2.05) is 48.7 Å². The summed E-state index contributed by atoms with van der Waals surface area (Å²) >= 11 is 7.89. The lowest BCUT2D eigenvalue weighted by Crippen LogP contribution is -2.24. The Bertz CT molecular complexity index is 1440. The zero-order valence-electron chi connectivity index (χ0n) is 18.3. The fourth-order valence-electron chi connectivity index (χ4n) is 3.95. The van der Waals surface area contributed by atoms with E-state index in [-0.39, 0.29) is 17.2 Å². The number of thioether (sulfide) groups is 1. The van der Waals surface area contributed by atoms with Gasteiger partial charge in [-0.15, -0.1) is 22.7 Å². The number of hydrogen-bond acceptors (Lipinski definition) is 7. The number of carbonyl (C=O) groups excluding carboxylic acids is 1. The van der Waals surface area contributed by atoms with Crippen LogP contribution in [0.15, 0.2) is 61.3 Å². The molecule has 1 N–H and O–H groups in total. The fraction of sp³-hybridized carbons (Fsp3) is 0.250. The summed E-state index contributed by atoms with van der Waals surface area (Å²) in [4.78, 5) is 34.2. The highest BCUT2D eigenvalue weighted by Crippen LogP contribution is 2.35. The molecule has 0 bridgehead atoms. The number of thiophene rings is 2. The van der Waals surface area contributed by atoms with Crippen molar-refractivity contribution >= 4 is 72.2 Å². The van der Waals surface area contributed by atoms with Crippen molar-refractivity contribution in [3.8, 4) is 5.69 Å². The number of halogens is 1. The Morgan fingerprint density at radius 2 is 2.03 bits per heavy atom. The summed E-state index contributed by atoms with van der Waals surface area (Å²) in [6, 6.07) is 11.5. The number of aryl methyl sites for hydroxylation is 2. The molecule has 4 aromatic rings. The summed E-state index contributed by atoms with van der Waals surface area (Å²) in [5.41, 5.74) is 5.18. The lowest BCUT2D eigenvalue weighted by molar-refractivity contribution is -0.118. The van der Waals surface area contributed by atoms with Crippen molar-refractivity contribution in [2.45, 2.75) is 37.8 Å². The van der Waals surface area contributed by atoms with E-state index in [1.54, 1.807) is 27.2 Å². The van der Waals surface area contributed by atoms with Crippen LogP contribution < -0.4 is 11.0 Å². The summed E-state index contributed by atoms with van der Waals surface area (Å²) < 4.78 is 2.56. The number of hydrogen-bond donors (Lipinski definition) is 1. The molecule has 5 rings (SSSR count). The number of aromatic nitrogens is 2. The molecule has 1 aliphatic rings. The maximum Gasteiger partial charge on any atom is 0.267 e. The third-order valence-corrected chi connectivity index (χ3v) is 9.23. The molecular weight excluding hydrogens is 552 g/mol. The lowest BCUT2D eigenvalue weighted by atomic mass is 9.97. The summed E-state index contributed by atoms with van der Waals surface area (Å²) in [7, 11) is 0. The molecule has 0 aliphatic heterocycles. The average Bonchev–Trinajstić information content (AvgIpc) is 3.50. The van der Waals surface area contributed by atoms with Crippen molar-refractivity contribution in [1.29, 1.82) is 0 Å². The second kappa shape index (κ2) is 10.2. The minimum atomic E-state index is -0.247. The van der Waals surface area contributed by atoms with E-state index in [0.29, 0.717) is 5.16 Å². The number of hydrazone groups is 1. The Kier molecular flexibility index (Phi) is 7.01. The highest BCUT2D eigenvalue weighted by Gasteiger charge is 2.23. The van der Waals surface area contributed by atoms with E-state index in [4.69, 9.17) is 4.98 Å². The Hall–Kier alpha value is -2.27. The fourth-order valence-corrected chi connectivity index (χ4v) is 7.00. The Morgan fingerprint density at radius 1 is 1.24 bits per heavy atom. The topological polar surface area (TPSA) is 76.3 Å². The second-order valence-corrected chi connectivity index (χ2v) is 11.8. The average molecular weight is 574 g/mol. The standard InChI is InChI=1S/C24H21BrN4O2S3/c1-14(18-7-4-12-32-18)27-28-20(30)13-33-24-26-22-21(17-5-2-3-6-19(17)34-22)23(31)29(24)16-10-8-15(25)9-11-16/h4,7-12H,2-3,5-6,13H2,1H3,(H,28,30). The Morgan fingerprint density at radius 3 is 2.79 bits per heavy atom. The van der Waals surface area contributed by atoms with Gasteiger partial charge in [0.1, 0.15) is 4.83 Å². The van der Waals surface area contributed by atoms with Crippen LogP contribution in [-0.4, -0.2) is 26.9 Å². The zero-order valence-corrected chi connectivity index (χ0v) is 22.4. The number of carbonyl (C=O) groups is 1. The van der Waals surface area contributed by atoms with Crippen LogP contribution in [0, 0.1) is 0 Å². The molecule has 34 heavy (non-hydrogen) atoms. The van der Waals surface area contributed by atoms with Crippen LogP contribution >= 0.6 is 50.4 Å². The van der Waals surface area contributed by atoms with E-state index >= 15 is 0 Å². The first-order valence-corrected chi connectivity index (χ1v) is 14.3. The number of benzene rings is 1. The van der Waals surface area contributed by atoms with Crippen molar-refractivity contribution in [1.82, 2.24) is 15.0 Å². The van der Waals surface area contributed by atoms with Gasteiger partial charge in [-0.1, -0.05) is 33.8 Å². The molecule has 174 valence electrons. The monoisotopic (exact) mass is 572 g/mol. The van der Waals surface area contributed by atoms with Crippen molar-refractivity contribution in [2.75, 3.05) is 5.75 Å².